The number of ether oxygens (including phenoxy) is 1. The van der Waals surface area contributed by atoms with Gasteiger partial charge in [-0.15, -0.1) is 0 Å². The van der Waals surface area contributed by atoms with E-state index in [1.165, 1.54) is 22.9 Å². The summed E-state index contributed by atoms with van der Waals surface area (Å²) < 4.78 is 6.25. The van der Waals surface area contributed by atoms with E-state index >= 15 is 0 Å². The zero-order chi connectivity index (χ0) is 12.0. The van der Waals surface area contributed by atoms with E-state index in [0.29, 0.717) is 0 Å². The molecule has 1 aromatic heterocycles. The maximum absolute atomic E-state index is 11.6. The number of aromatic carboxylic acids is 1. The molecule has 0 radical (unpaired) electrons. The number of rotatable bonds is 6. The van der Waals surface area contributed by atoms with Gasteiger partial charge in [0.2, 0.25) is 0 Å². The molecular weight excluding hydrogens is 214 g/mol. The van der Waals surface area contributed by atoms with E-state index in [4.69, 9.17) is 14.9 Å². The molecule has 1 aromatic rings. The third kappa shape index (κ3) is 3.18. The van der Waals surface area contributed by atoms with Crippen LogP contribution in [0.25, 0.3) is 0 Å². The minimum Gasteiger partial charge on any atom is -0.477 e. The van der Waals surface area contributed by atoms with Gasteiger partial charge in [-0.2, -0.15) is 0 Å². The van der Waals surface area contributed by atoms with E-state index in [2.05, 4.69) is 0 Å². The lowest BCUT2D eigenvalue weighted by Crippen LogP contribution is -2.27. The molecule has 6 heteroatoms. The highest BCUT2D eigenvalue weighted by Crippen LogP contribution is 1.92. The topological polar surface area (TPSA) is 88.8 Å². The Hall–Kier alpha value is -1.66. The second-order valence-electron chi connectivity index (χ2n) is 3.06. The molecule has 0 atom stereocenters. The van der Waals surface area contributed by atoms with Crippen LogP contribution in [0.3, 0.4) is 0 Å². The summed E-state index contributed by atoms with van der Waals surface area (Å²) in [6.45, 7) is 0.640. The molecule has 1 heterocycles. The molecular formula is C10H13NO5. The highest BCUT2D eigenvalue weighted by Gasteiger charge is 2.09. The number of carboxylic acid groups (broad SMARTS) is 1. The quantitative estimate of drug-likeness (QED) is 0.643. The first-order valence-electron chi connectivity index (χ1n) is 4.78. The molecule has 0 saturated carbocycles. The molecule has 88 valence electrons. The maximum Gasteiger partial charge on any atom is 0.341 e. The van der Waals surface area contributed by atoms with E-state index < -0.39 is 11.5 Å². The van der Waals surface area contributed by atoms with Crippen LogP contribution < -0.4 is 5.56 Å². The average molecular weight is 227 g/mol. The Labute approximate surface area is 91.7 Å². The summed E-state index contributed by atoms with van der Waals surface area (Å²) in [7, 11) is 0. The third-order valence-electron chi connectivity index (χ3n) is 1.96. The van der Waals surface area contributed by atoms with Crippen LogP contribution in [0.4, 0.5) is 0 Å². The van der Waals surface area contributed by atoms with E-state index in [1.54, 1.807) is 0 Å². The van der Waals surface area contributed by atoms with Crippen LogP contribution in [0.15, 0.2) is 23.1 Å². The molecule has 0 unspecified atom stereocenters. The molecule has 2 N–H and O–H groups in total. The fraction of sp³-hybridized carbons (Fsp3) is 0.400. The molecule has 0 aromatic carbocycles. The van der Waals surface area contributed by atoms with Gasteiger partial charge in [0, 0.05) is 12.7 Å². The summed E-state index contributed by atoms with van der Waals surface area (Å²) in [5.74, 6) is -1.24. The smallest absolute Gasteiger partial charge is 0.341 e. The zero-order valence-electron chi connectivity index (χ0n) is 8.63. The van der Waals surface area contributed by atoms with E-state index in [-0.39, 0.29) is 31.9 Å². The maximum atomic E-state index is 11.6. The largest absolute Gasteiger partial charge is 0.477 e. The van der Waals surface area contributed by atoms with Crippen molar-refractivity contribution < 1.29 is 19.7 Å². The molecule has 0 saturated heterocycles. The lowest BCUT2D eigenvalue weighted by atomic mass is 10.3. The normalized spacial score (nSPS) is 10.3. The Balaban J connectivity index is 2.70. The van der Waals surface area contributed by atoms with Crippen LogP contribution in [-0.4, -0.2) is 40.6 Å². The number of hydrogen-bond donors (Lipinski definition) is 2. The van der Waals surface area contributed by atoms with Gasteiger partial charge in [-0.1, -0.05) is 0 Å². The van der Waals surface area contributed by atoms with Gasteiger partial charge in [0.05, 0.1) is 19.8 Å². The van der Waals surface area contributed by atoms with Gasteiger partial charge in [0.15, 0.2) is 0 Å². The van der Waals surface area contributed by atoms with Crippen LogP contribution in [-0.2, 0) is 11.3 Å². The molecule has 0 fully saturated rings. The van der Waals surface area contributed by atoms with Gasteiger partial charge in [-0.3, -0.25) is 4.79 Å². The lowest BCUT2D eigenvalue weighted by Gasteiger charge is -2.06. The van der Waals surface area contributed by atoms with Crippen LogP contribution in [0, 0.1) is 0 Å². The van der Waals surface area contributed by atoms with Gasteiger partial charge in [-0.05, 0) is 12.1 Å². The van der Waals surface area contributed by atoms with Crippen LogP contribution in [0.1, 0.15) is 10.4 Å². The highest BCUT2D eigenvalue weighted by molar-refractivity contribution is 5.86. The number of carboxylic acids is 1. The number of aliphatic hydroxyl groups is 1. The van der Waals surface area contributed by atoms with Crippen molar-refractivity contribution >= 4 is 5.97 Å². The third-order valence-corrected chi connectivity index (χ3v) is 1.96. The van der Waals surface area contributed by atoms with Gasteiger partial charge in [0.1, 0.15) is 5.56 Å². The van der Waals surface area contributed by atoms with Crippen molar-refractivity contribution in [3.05, 3.63) is 34.2 Å². The first-order chi connectivity index (χ1) is 7.66. The minimum absolute atomic E-state index is 0.0793. The van der Waals surface area contributed by atoms with E-state index in [9.17, 15) is 9.59 Å². The van der Waals surface area contributed by atoms with Gasteiger partial charge < -0.3 is 19.5 Å². The Bertz CT molecular complexity index is 412. The average Bonchev–Trinajstić information content (AvgIpc) is 2.26. The predicted octanol–water partition coefficient (Wildman–Crippen LogP) is -0.445. The molecule has 0 bridgehead atoms. The van der Waals surface area contributed by atoms with Crippen molar-refractivity contribution in [3.63, 3.8) is 0 Å². The number of pyridine rings is 1. The number of aromatic nitrogens is 1. The zero-order valence-corrected chi connectivity index (χ0v) is 8.63. The predicted molar refractivity (Wildman–Crippen MR) is 55.6 cm³/mol. The van der Waals surface area contributed by atoms with Crippen LogP contribution >= 0.6 is 0 Å². The highest BCUT2D eigenvalue weighted by atomic mass is 16.5. The second-order valence-corrected chi connectivity index (χ2v) is 3.06. The standard InChI is InChI=1S/C10H13NO5/c12-5-7-16-6-4-11-3-1-2-8(9(11)13)10(14)15/h1-3,12H,4-7H2,(H,14,15). The summed E-state index contributed by atoms with van der Waals surface area (Å²) in [4.78, 5) is 22.2. The minimum atomic E-state index is -1.24. The second kappa shape index (κ2) is 6.04. The summed E-state index contributed by atoms with van der Waals surface area (Å²) in [5.41, 5.74) is -0.813. The van der Waals surface area contributed by atoms with Gasteiger partial charge in [-0.25, -0.2) is 4.79 Å². The number of hydrogen-bond acceptors (Lipinski definition) is 4. The van der Waals surface area contributed by atoms with Crippen LogP contribution in [0.2, 0.25) is 0 Å². The van der Waals surface area contributed by atoms with Crippen molar-refractivity contribution in [2.45, 2.75) is 6.54 Å². The molecule has 0 spiro atoms. The first-order valence-corrected chi connectivity index (χ1v) is 4.78. The molecule has 0 aliphatic carbocycles. The summed E-state index contributed by atoms with van der Waals surface area (Å²) in [6, 6.07) is 2.76. The fourth-order valence-corrected chi connectivity index (χ4v) is 1.21. The number of carbonyl (C=O) groups is 1. The van der Waals surface area contributed by atoms with E-state index in [0.717, 1.165) is 0 Å². The van der Waals surface area contributed by atoms with E-state index in [1.807, 2.05) is 0 Å². The fourth-order valence-electron chi connectivity index (χ4n) is 1.21. The molecule has 16 heavy (non-hydrogen) atoms. The van der Waals surface area contributed by atoms with Crippen molar-refractivity contribution in [1.29, 1.82) is 0 Å². The monoisotopic (exact) mass is 227 g/mol. The van der Waals surface area contributed by atoms with Crippen molar-refractivity contribution in [2.75, 3.05) is 19.8 Å². The van der Waals surface area contributed by atoms with Crippen molar-refractivity contribution in [2.24, 2.45) is 0 Å². The summed E-state index contributed by atoms with van der Waals surface area (Å²) >= 11 is 0. The molecule has 0 aliphatic heterocycles. The number of nitrogens with zero attached hydrogens (tertiary/aromatic N) is 1. The van der Waals surface area contributed by atoms with Gasteiger partial charge in [0.25, 0.3) is 5.56 Å². The Morgan fingerprint density at radius 2 is 2.19 bits per heavy atom. The lowest BCUT2D eigenvalue weighted by molar-refractivity contribution is 0.0692. The van der Waals surface area contributed by atoms with Crippen molar-refractivity contribution in [1.82, 2.24) is 4.57 Å². The Kier molecular flexibility index (Phi) is 4.68. The number of aliphatic hydroxyl groups excluding tert-OH is 1. The Morgan fingerprint density at radius 3 is 2.81 bits per heavy atom. The summed E-state index contributed by atoms with van der Waals surface area (Å²) in [6.07, 6.45) is 1.50. The molecule has 0 aliphatic rings. The molecule has 1 rings (SSSR count). The van der Waals surface area contributed by atoms with Crippen LogP contribution in [0.5, 0.6) is 0 Å². The van der Waals surface area contributed by atoms with Crippen molar-refractivity contribution in [3.8, 4) is 0 Å². The molecule has 6 nitrogen and oxygen atoms in total. The SMILES string of the molecule is O=C(O)c1cccn(CCOCCO)c1=O. The van der Waals surface area contributed by atoms with Gasteiger partial charge >= 0.3 is 5.97 Å². The Morgan fingerprint density at radius 1 is 1.44 bits per heavy atom. The molecule has 0 amide bonds. The summed E-state index contributed by atoms with van der Waals surface area (Å²) in [5, 5.41) is 17.2. The first kappa shape index (κ1) is 12.4.